The van der Waals surface area contributed by atoms with Gasteiger partial charge >= 0.3 is 0 Å². The van der Waals surface area contributed by atoms with Gasteiger partial charge in [0.05, 0.1) is 0 Å². The van der Waals surface area contributed by atoms with Crippen molar-refractivity contribution in [2.75, 3.05) is 6.61 Å². The molecule has 1 atom stereocenters. The van der Waals surface area contributed by atoms with E-state index in [1.165, 1.54) is 51.4 Å². The van der Waals surface area contributed by atoms with E-state index in [4.69, 9.17) is 5.11 Å². The maximum absolute atomic E-state index is 9.11. The van der Waals surface area contributed by atoms with Crippen molar-refractivity contribution in [3.8, 4) is 0 Å². The molecule has 0 saturated heterocycles. The molecule has 0 saturated carbocycles. The Morgan fingerprint density at radius 1 is 0.857 bits per heavy atom. The van der Waals surface area contributed by atoms with Crippen molar-refractivity contribution in [2.45, 2.75) is 65.2 Å². The Morgan fingerprint density at radius 2 is 1.43 bits per heavy atom. The van der Waals surface area contributed by atoms with Crippen molar-refractivity contribution in [1.82, 2.24) is 0 Å². The quantitative estimate of drug-likeness (QED) is 0.475. The van der Waals surface area contributed by atoms with Crippen molar-refractivity contribution < 1.29 is 26.8 Å². The van der Waals surface area contributed by atoms with Gasteiger partial charge in [0.25, 0.3) is 0 Å². The molecule has 0 aromatic heterocycles. The molecule has 0 spiro atoms. The second-order valence-electron chi connectivity index (χ2n) is 4.04. The Hall–Kier alpha value is 0.674. The Kier molecular flexibility index (Phi) is 16.7. The maximum Gasteiger partial charge on any atom is 0.0459 e. The van der Waals surface area contributed by atoms with Gasteiger partial charge in [0, 0.05) is 28.3 Å². The van der Waals surface area contributed by atoms with Crippen LogP contribution >= 0.6 is 0 Å². The zero-order chi connectivity index (χ0) is 9.94. The van der Waals surface area contributed by atoms with Gasteiger partial charge in [-0.1, -0.05) is 52.4 Å². The van der Waals surface area contributed by atoms with E-state index in [2.05, 4.69) is 13.8 Å². The molecule has 2 heteroatoms. The summed E-state index contributed by atoms with van der Waals surface area (Å²) in [6.45, 7) is 4.85. The first kappa shape index (κ1) is 17.1. The third-order valence-electron chi connectivity index (χ3n) is 2.69. The van der Waals surface area contributed by atoms with E-state index >= 15 is 0 Å². The van der Waals surface area contributed by atoms with Crippen molar-refractivity contribution in [3.63, 3.8) is 0 Å². The van der Waals surface area contributed by atoms with Crippen LogP contribution in [-0.4, -0.2) is 11.7 Å². The topological polar surface area (TPSA) is 20.2 Å². The van der Waals surface area contributed by atoms with Crippen LogP contribution < -0.4 is 0 Å². The predicted octanol–water partition coefficient (Wildman–Crippen LogP) is 3.75. The summed E-state index contributed by atoms with van der Waals surface area (Å²) in [5, 5.41) is 9.11. The van der Waals surface area contributed by atoms with Crippen LogP contribution in [0.4, 0.5) is 0 Å². The number of hydrogen-bond donors (Lipinski definition) is 1. The van der Waals surface area contributed by atoms with Crippen LogP contribution in [0.15, 0.2) is 0 Å². The van der Waals surface area contributed by atoms with Gasteiger partial charge in [0.2, 0.25) is 0 Å². The molecule has 1 unspecified atom stereocenters. The van der Waals surface area contributed by atoms with Crippen LogP contribution in [0.1, 0.15) is 65.2 Å². The fourth-order valence-corrected chi connectivity index (χ4v) is 1.68. The summed E-state index contributed by atoms with van der Waals surface area (Å²) >= 11 is 0. The molecule has 0 bridgehead atoms. The largest absolute Gasteiger partial charge is 0.396 e. The molecule has 0 aromatic rings. The summed E-state index contributed by atoms with van der Waals surface area (Å²) in [6.07, 6.45) is 10.3. The molecule has 0 aliphatic rings. The number of rotatable bonds is 9. The van der Waals surface area contributed by atoms with Gasteiger partial charge in [-0.2, -0.15) is 0 Å². The minimum Gasteiger partial charge on any atom is -0.396 e. The van der Waals surface area contributed by atoms with Crippen LogP contribution in [0.5, 0.6) is 0 Å². The van der Waals surface area contributed by atoms with E-state index in [9.17, 15) is 0 Å². The summed E-state index contributed by atoms with van der Waals surface area (Å²) in [5.74, 6) is 0.580. The van der Waals surface area contributed by atoms with Gasteiger partial charge in [-0.15, -0.1) is 0 Å². The molecule has 0 fully saturated rings. The zero-order valence-corrected chi connectivity index (χ0v) is 11.5. The minimum absolute atomic E-state index is 0. The molecule has 14 heavy (non-hydrogen) atoms. The first-order chi connectivity index (χ1) is 6.35. The van der Waals surface area contributed by atoms with Crippen LogP contribution in [0.25, 0.3) is 0 Å². The Morgan fingerprint density at radius 3 is 1.93 bits per heavy atom. The van der Waals surface area contributed by atoms with E-state index in [1.807, 2.05) is 0 Å². The number of aliphatic hydroxyl groups is 1. The minimum atomic E-state index is 0. The fourth-order valence-electron chi connectivity index (χ4n) is 1.68. The molecular weight excluding hydrogens is 208 g/mol. The second kappa shape index (κ2) is 13.7. The number of hydrogen-bond acceptors (Lipinski definition) is 1. The van der Waals surface area contributed by atoms with Gasteiger partial charge in [-0.05, 0) is 18.8 Å². The van der Waals surface area contributed by atoms with Crippen molar-refractivity contribution in [2.24, 2.45) is 5.92 Å². The predicted molar refractivity (Wildman–Crippen MR) is 58.9 cm³/mol. The molecule has 0 aromatic carbocycles. The van der Waals surface area contributed by atoms with Gasteiger partial charge in [-0.25, -0.2) is 0 Å². The van der Waals surface area contributed by atoms with Gasteiger partial charge in [-0.3, -0.25) is 0 Å². The summed E-state index contributed by atoms with van der Waals surface area (Å²) in [5.41, 5.74) is 0. The second-order valence-corrected chi connectivity index (χ2v) is 4.04. The first-order valence-electron chi connectivity index (χ1n) is 5.96. The van der Waals surface area contributed by atoms with Gasteiger partial charge in [0.1, 0.15) is 0 Å². The van der Waals surface area contributed by atoms with E-state index in [1.54, 1.807) is 0 Å². The Labute approximate surface area is 105 Å². The Bertz CT molecular complexity index is 96.3. The standard InChI is InChI=1S/C12H26O.Ti/c1-3-5-7-8-10-12(11-13)9-6-4-2;/h12-13H,3-11H2,1-2H3;. The molecular formula is C12H26OTi. The van der Waals surface area contributed by atoms with Crippen molar-refractivity contribution in [3.05, 3.63) is 0 Å². The third-order valence-corrected chi connectivity index (χ3v) is 2.69. The molecule has 0 radical (unpaired) electrons. The van der Waals surface area contributed by atoms with Crippen molar-refractivity contribution >= 4 is 0 Å². The summed E-state index contributed by atoms with van der Waals surface area (Å²) in [4.78, 5) is 0. The smallest absolute Gasteiger partial charge is 0.0459 e. The number of unbranched alkanes of at least 4 members (excludes halogenated alkanes) is 4. The molecule has 1 nitrogen and oxygen atoms in total. The van der Waals surface area contributed by atoms with E-state index in [0.717, 1.165) is 0 Å². The Balaban J connectivity index is 0. The molecule has 84 valence electrons. The van der Waals surface area contributed by atoms with Gasteiger partial charge < -0.3 is 5.11 Å². The van der Waals surface area contributed by atoms with Gasteiger partial charge in [0.15, 0.2) is 0 Å². The van der Waals surface area contributed by atoms with Crippen LogP contribution in [0, 0.1) is 5.92 Å². The van der Waals surface area contributed by atoms with E-state index in [-0.39, 0.29) is 21.7 Å². The van der Waals surface area contributed by atoms with Crippen molar-refractivity contribution in [1.29, 1.82) is 0 Å². The average Bonchev–Trinajstić information content (AvgIpc) is 2.17. The summed E-state index contributed by atoms with van der Waals surface area (Å²) in [6, 6.07) is 0. The molecule has 0 heterocycles. The molecule has 0 rings (SSSR count). The van der Waals surface area contributed by atoms with Crippen LogP contribution in [-0.2, 0) is 21.7 Å². The number of aliphatic hydroxyl groups excluding tert-OH is 1. The summed E-state index contributed by atoms with van der Waals surface area (Å²) in [7, 11) is 0. The first-order valence-corrected chi connectivity index (χ1v) is 5.96. The van der Waals surface area contributed by atoms with E-state index < -0.39 is 0 Å². The monoisotopic (exact) mass is 234 g/mol. The average molecular weight is 234 g/mol. The SMILES string of the molecule is CCCCCCC(CO)CCCC.[Ti]. The zero-order valence-electron chi connectivity index (χ0n) is 9.89. The molecule has 0 aliphatic carbocycles. The fraction of sp³-hybridized carbons (Fsp3) is 1.00. The maximum atomic E-state index is 9.11. The molecule has 0 amide bonds. The molecule has 0 aliphatic heterocycles. The van der Waals surface area contributed by atoms with E-state index in [0.29, 0.717) is 12.5 Å². The van der Waals surface area contributed by atoms with Crippen LogP contribution in [0.3, 0.4) is 0 Å². The summed E-state index contributed by atoms with van der Waals surface area (Å²) < 4.78 is 0. The van der Waals surface area contributed by atoms with Crippen LogP contribution in [0.2, 0.25) is 0 Å². The normalized spacial score (nSPS) is 12.2. The third kappa shape index (κ3) is 10.8. The molecule has 1 N–H and O–H groups in total.